The summed E-state index contributed by atoms with van der Waals surface area (Å²) in [4.78, 5) is 10.8. The lowest BCUT2D eigenvalue weighted by Crippen LogP contribution is -2.02. The highest BCUT2D eigenvalue weighted by Crippen LogP contribution is 2.32. The van der Waals surface area contributed by atoms with Crippen molar-refractivity contribution in [2.75, 3.05) is 5.43 Å². The molecule has 0 fully saturated rings. The number of hydrazone groups is 1. The van der Waals surface area contributed by atoms with Crippen molar-refractivity contribution in [2.24, 2.45) is 5.10 Å². The molecule has 2 heterocycles. The molecule has 0 aliphatic rings. The Balaban J connectivity index is 1.98. The molecule has 0 saturated heterocycles. The molecular weight excluding hydrogens is 351 g/mol. The van der Waals surface area contributed by atoms with Crippen molar-refractivity contribution in [3.8, 4) is 0 Å². The number of nitrogens with one attached hydrogen (secondary N) is 1. The van der Waals surface area contributed by atoms with Crippen molar-refractivity contribution in [3.63, 3.8) is 0 Å². The van der Waals surface area contributed by atoms with E-state index in [1.54, 1.807) is 29.5 Å². The van der Waals surface area contributed by atoms with Gasteiger partial charge in [-0.3, -0.25) is 5.43 Å². The second kappa shape index (κ2) is 6.43. The number of benzene rings is 1. The lowest BCUT2D eigenvalue weighted by Gasteiger charge is -2.06. The van der Waals surface area contributed by atoms with Crippen LogP contribution >= 0.6 is 34.5 Å². The summed E-state index contributed by atoms with van der Waals surface area (Å²) in [6, 6.07) is 5.30. The molecule has 1 aromatic carbocycles. The van der Waals surface area contributed by atoms with Gasteiger partial charge in [-0.15, -0.1) is 11.3 Å². The molecule has 7 heteroatoms. The van der Waals surface area contributed by atoms with Gasteiger partial charge in [0.05, 0.1) is 11.1 Å². The first-order valence-corrected chi connectivity index (χ1v) is 8.51. The fourth-order valence-electron chi connectivity index (χ4n) is 2.24. The standard InChI is InChI=1S/C16H14Cl2N4S/c1-8-10(3)23-16-14(8)15(19-7-20-16)22-21-9(2)12-6-11(17)4-5-13(12)18/h4-7H,1-3H3,(H,19,20,22)/b21-9-. The van der Waals surface area contributed by atoms with Gasteiger partial charge in [0.15, 0.2) is 5.82 Å². The van der Waals surface area contributed by atoms with E-state index in [1.165, 1.54) is 16.8 Å². The van der Waals surface area contributed by atoms with E-state index in [1.807, 2.05) is 6.92 Å². The summed E-state index contributed by atoms with van der Waals surface area (Å²) in [7, 11) is 0. The molecule has 1 N–H and O–H groups in total. The minimum atomic E-state index is 0.604. The minimum Gasteiger partial charge on any atom is -0.260 e. The fourth-order valence-corrected chi connectivity index (χ4v) is 3.66. The topological polar surface area (TPSA) is 50.2 Å². The number of rotatable bonds is 3. The van der Waals surface area contributed by atoms with Crippen molar-refractivity contribution in [1.82, 2.24) is 9.97 Å². The summed E-state index contributed by atoms with van der Waals surface area (Å²) in [5, 5.41) is 6.63. The van der Waals surface area contributed by atoms with Crippen molar-refractivity contribution in [2.45, 2.75) is 20.8 Å². The lowest BCUT2D eigenvalue weighted by molar-refractivity contribution is 1.18. The smallest absolute Gasteiger partial charge is 0.158 e. The molecular formula is C16H14Cl2N4S. The first-order valence-electron chi connectivity index (χ1n) is 6.94. The highest BCUT2D eigenvalue weighted by molar-refractivity contribution is 7.18. The zero-order valence-corrected chi connectivity index (χ0v) is 15.1. The molecule has 0 aliphatic carbocycles. The summed E-state index contributed by atoms with van der Waals surface area (Å²) in [5.41, 5.74) is 5.71. The number of anilines is 1. The number of halogens is 2. The molecule has 3 rings (SSSR count). The Morgan fingerprint density at radius 1 is 1.22 bits per heavy atom. The fraction of sp³-hybridized carbons (Fsp3) is 0.188. The number of nitrogens with zero attached hydrogens (tertiary/aromatic N) is 3. The number of hydrogen-bond acceptors (Lipinski definition) is 5. The maximum absolute atomic E-state index is 6.21. The SMILES string of the molecule is C/C(=N/Nc1ncnc2sc(C)c(C)c12)c1cc(Cl)ccc1Cl. The predicted octanol–water partition coefficient (Wildman–Crippen LogP) is 5.45. The van der Waals surface area contributed by atoms with Gasteiger partial charge in [-0.2, -0.15) is 5.10 Å². The average Bonchev–Trinajstić information content (AvgIpc) is 2.82. The highest BCUT2D eigenvalue weighted by atomic mass is 35.5. The Labute approximate surface area is 148 Å². The molecule has 0 unspecified atom stereocenters. The summed E-state index contributed by atoms with van der Waals surface area (Å²) >= 11 is 13.9. The van der Waals surface area contributed by atoms with Gasteiger partial charge in [-0.25, -0.2) is 9.97 Å². The van der Waals surface area contributed by atoms with E-state index >= 15 is 0 Å². The van der Waals surface area contributed by atoms with Crippen LogP contribution in [0, 0.1) is 13.8 Å². The number of thiophene rings is 1. The van der Waals surface area contributed by atoms with Crippen LogP contribution in [0.1, 0.15) is 22.9 Å². The van der Waals surface area contributed by atoms with Gasteiger partial charge in [0.1, 0.15) is 11.2 Å². The van der Waals surface area contributed by atoms with Crippen molar-refractivity contribution in [3.05, 3.63) is 50.6 Å². The molecule has 0 bridgehead atoms. The van der Waals surface area contributed by atoms with Crippen LogP contribution in [0.25, 0.3) is 10.2 Å². The van der Waals surface area contributed by atoms with Crippen LogP contribution in [0.15, 0.2) is 29.6 Å². The Morgan fingerprint density at radius 2 is 2.00 bits per heavy atom. The molecule has 118 valence electrons. The van der Waals surface area contributed by atoms with Crippen LogP contribution in [0.4, 0.5) is 5.82 Å². The Morgan fingerprint density at radius 3 is 2.78 bits per heavy atom. The van der Waals surface area contributed by atoms with E-state index in [2.05, 4.69) is 34.3 Å². The maximum atomic E-state index is 6.21. The van der Waals surface area contributed by atoms with Gasteiger partial charge in [0, 0.05) is 20.5 Å². The van der Waals surface area contributed by atoms with Gasteiger partial charge in [-0.1, -0.05) is 23.2 Å². The minimum absolute atomic E-state index is 0.604. The molecule has 4 nitrogen and oxygen atoms in total. The summed E-state index contributed by atoms with van der Waals surface area (Å²) in [6.45, 7) is 6.01. The van der Waals surface area contributed by atoms with Crippen LogP contribution < -0.4 is 5.43 Å². The van der Waals surface area contributed by atoms with Crippen molar-refractivity contribution < 1.29 is 0 Å². The molecule has 0 aliphatic heterocycles. The van der Waals surface area contributed by atoms with Crippen LogP contribution in [0.5, 0.6) is 0 Å². The third-order valence-corrected chi connectivity index (χ3v) is 5.29. The molecule has 0 spiro atoms. The molecule has 0 saturated carbocycles. The lowest BCUT2D eigenvalue weighted by atomic mass is 10.1. The zero-order valence-electron chi connectivity index (χ0n) is 12.8. The van der Waals surface area contributed by atoms with Crippen molar-refractivity contribution in [1.29, 1.82) is 0 Å². The highest BCUT2D eigenvalue weighted by Gasteiger charge is 2.12. The monoisotopic (exact) mass is 364 g/mol. The van der Waals surface area contributed by atoms with E-state index < -0.39 is 0 Å². The average molecular weight is 365 g/mol. The van der Waals surface area contributed by atoms with Crippen LogP contribution in [-0.2, 0) is 0 Å². The van der Waals surface area contributed by atoms with Gasteiger partial charge in [0.25, 0.3) is 0 Å². The van der Waals surface area contributed by atoms with Gasteiger partial charge < -0.3 is 0 Å². The normalized spacial score (nSPS) is 12.0. The number of fused-ring (bicyclic) bond motifs is 1. The summed E-state index contributed by atoms with van der Waals surface area (Å²) in [5.74, 6) is 0.689. The third kappa shape index (κ3) is 3.17. The number of hydrogen-bond donors (Lipinski definition) is 1. The van der Waals surface area contributed by atoms with Gasteiger partial charge in [0.2, 0.25) is 0 Å². The molecule has 2 aromatic heterocycles. The van der Waals surface area contributed by atoms with Crippen LogP contribution in [-0.4, -0.2) is 15.7 Å². The van der Waals surface area contributed by atoms with Crippen LogP contribution in [0.3, 0.4) is 0 Å². The number of aromatic nitrogens is 2. The van der Waals surface area contributed by atoms with E-state index in [9.17, 15) is 0 Å². The molecule has 0 amide bonds. The Bertz CT molecular complexity index is 918. The summed E-state index contributed by atoms with van der Waals surface area (Å²) in [6.07, 6.45) is 1.54. The molecule has 3 aromatic rings. The third-order valence-electron chi connectivity index (χ3n) is 3.61. The van der Waals surface area contributed by atoms with Gasteiger partial charge >= 0.3 is 0 Å². The molecule has 23 heavy (non-hydrogen) atoms. The Kier molecular flexibility index (Phi) is 4.53. The van der Waals surface area contributed by atoms with E-state index in [-0.39, 0.29) is 0 Å². The molecule has 0 atom stereocenters. The van der Waals surface area contributed by atoms with Crippen LogP contribution in [0.2, 0.25) is 10.0 Å². The summed E-state index contributed by atoms with van der Waals surface area (Å²) < 4.78 is 0. The van der Waals surface area contributed by atoms with E-state index in [4.69, 9.17) is 23.2 Å². The van der Waals surface area contributed by atoms with Crippen molar-refractivity contribution >= 4 is 56.3 Å². The van der Waals surface area contributed by atoms with Gasteiger partial charge in [-0.05, 0) is 44.5 Å². The first-order chi connectivity index (χ1) is 11.0. The second-order valence-corrected chi connectivity index (χ2v) is 7.17. The quantitative estimate of drug-likeness (QED) is 0.496. The zero-order chi connectivity index (χ0) is 16.6. The maximum Gasteiger partial charge on any atom is 0.158 e. The number of aryl methyl sites for hydroxylation is 2. The largest absolute Gasteiger partial charge is 0.260 e. The van der Waals surface area contributed by atoms with E-state index in [0.717, 1.165) is 21.5 Å². The second-order valence-electron chi connectivity index (χ2n) is 5.12. The first kappa shape index (κ1) is 16.2. The van der Waals surface area contributed by atoms with E-state index in [0.29, 0.717) is 15.9 Å². The molecule has 0 radical (unpaired) electrons. The Hall–Kier alpha value is -1.69. The predicted molar refractivity (Wildman–Crippen MR) is 99.2 cm³/mol.